The molecule has 184 valence electrons. The molecule has 0 spiro atoms. The minimum absolute atomic E-state index is 0. The van der Waals surface area contributed by atoms with Gasteiger partial charge in [0.25, 0.3) is 0 Å². The maximum atomic E-state index is 2.53. The van der Waals surface area contributed by atoms with Crippen molar-refractivity contribution in [2.45, 2.75) is 72.1 Å². The zero-order valence-corrected chi connectivity index (χ0v) is 25.9. The maximum Gasteiger partial charge on any atom is 0 e. The van der Waals surface area contributed by atoms with Gasteiger partial charge in [-0.1, -0.05) is 57.6 Å². The molecule has 3 aromatic carbocycles. The minimum atomic E-state index is 0. The van der Waals surface area contributed by atoms with E-state index in [2.05, 4.69) is 45.0 Å². The van der Waals surface area contributed by atoms with E-state index >= 15 is 0 Å². The van der Waals surface area contributed by atoms with Crippen LogP contribution in [0.15, 0.2) is 54.6 Å². The predicted octanol–water partition coefficient (Wildman–Crippen LogP) is 9.85. The molecule has 0 N–H and O–H groups in total. The Morgan fingerprint density at radius 2 is 1.41 bits per heavy atom. The molecular formula is C31H49Hf-7. The molecule has 3 aromatic rings. The van der Waals surface area contributed by atoms with Gasteiger partial charge >= 0.3 is 0 Å². The molecular weight excluding hydrogens is 551 g/mol. The Hall–Kier alpha value is -0.950. The maximum absolute atomic E-state index is 2.53. The van der Waals surface area contributed by atoms with Gasteiger partial charge < -0.3 is 37.1 Å². The van der Waals surface area contributed by atoms with Crippen molar-refractivity contribution in [3.63, 3.8) is 0 Å². The largest absolute Gasteiger partial charge is 0.358 e. The van der Waals surface area contributed by atoms with E-state index in [0.717, 1.165) is 0 Å². The predicted molar refractivity (Wildman–Crippen MR) is 147 cm³/mol. The van der Waals surface area contributed by atoms with Crippen molar-refractivity contribution in [3.05, 3.63) is 108 Å². The van der Waals surface area contributed by atoms with Crippen LogP contribution in [0.25, 0.3) is 10.8 Å². The van der Waals surface area contributed by atoms with Gasteiger partial charge in [0.15, 0.2) is 0 Å². The summed E-state index contributed by atoms with van der Waals surface area (Å²) in [6.07, 6.45) is 10.5. The first-order valence-electron chi connectivity index (χ1n) is 10.6. The normalized spacial score (nSPS) is 12.1. The molecule has 0 nitrogen and oxygen atoms in total. The molecule has 0 saturated heterocycles. The molecule has 4 rings (SSSR count). The van der Waals surface area contributed by atoms with E-state index in [0.29, 0.717) is 5.41 Å². The Balaban J connectivity index is -0.000000319. The molecule has 32 heavy (non-hydrogen) atoms. The van der Waals surface area contributed by atoms with Gasteiger partial charge in [0, 0.05) is 25.8 Å². The number of hydrogen-bond acceptors (Lipinski definition) is 0. The van der Waals surface area contributed by atoms with Crippen molar-refractivity contribution >= 4 is 10.8 Å². The van der Waals surface area contributed by atoms with Crippen LogP contribution in [0, 0.1) is 42.5 Å². The summed E-state index contributed by atoms with van der Waals surface area (Å²) < 4.78 is 0. The Morgan fingerprint density at radius 1 is 0.844 bits per heavy atom. The number of aryl methyl sites for hydroxylation is 1. The summed E-state index contributed by atoms with van der Waals surface area (Å²) in [6, 6.07) is 19.7. The van der Waals surface area contributed by atoms with Gasteiger partial charge in [-0.2, -0.15) is 24.3 Å². The van der Waals surface area contributed by atoms with E-state index in [1.165, 1.54) is 62.1 Å². The molecule has 0 aliphatic heterocycles. The number of benzene rings is 1. The number of hydrogen-bond donors (Lipinski definition) is 0. The molecule has 1 heteroatoms. The Bertz CT molecular complexity index is 770. The zero-order valence-electron chi connectivity index (χ0n) is 22.4. The van der Waals surface area contributed by atoms with Crippen molar-refractivity contribution in [1.82, 2.24) is 0 Å². The summed E-state index contributed by atoms with van der Waals surface area (Å²) in [6.45, 7) is 7.02. The van der Waals surface area contributed by atoms with Gasteiger partial charge in [0.05, 0.1) is 0 Å². The topological polar surface area (TPSA) is 0 Å². The van der Waals surface area contributed by atoms with Crippen LogP contribution in [0.4, 0.5) is 0 Å². The standard InChI is InChI=1S/C21H29.C5H5.5CH3.Hf/c1-4-7-8-9-16-10-11-17-12-18-14-21(5-2,6-3)15-19(18)13-20(16)17;1-2-4-5-3-1;;;;;;/h10-13H,4-9,14-15H2,1-3H3;1-5H;5*1H3;/q7*-1;. The molecule has 0 amide bonds. The molecule has 1 aliphatic rings. The van der Waals surface area contributed by atoms with Gasteiger partial charge in [-0.3, -0.25) is 0 Å². The molecule has 0 unspecified atom stereocenters. The van der Waals surface area contributed by atoms with Gasteiger partial charge in [-0.05, 0) is 31.1 Å². The summed E-state index contributed by atoms with van der Waals surface area (Å²) in [5.74, 6) is 0. The summed E-state index contributed by atoms with van der Waals surface area (Å²) in [4.78, 5) is 0. The minimum Gasteiger partial charge on any atom is -0.358 e. The Labute approximate surface area is 221 Å². The molecule has 0 radical (unpaired) electrons. The third-order valence-corrected chi connectivity index (χ3v) is 6.42. The summed E-state index contributed by atoms with van der Waals surface area (Å²) >= 11 is 0. The van der Waals surface area contributed by atoms with Gasteiger partial charge in [-0.25, -0.2) is 12.1 Å². The molecule has 0 heterocycles. The van der Waals surface area contributed by atoms with Gasteiger partial charge in [0.1, 0.15) is 0 Å². The van der Waals surface area contributed by atoms with Crippen LogP contribution in [-0.4, -0.2) is 0 Å². The fourth-order valence-corrected chi connectivity index (χ4v) is 4.46. The SMILES string of the molecule is CCCCC[c-]1ccc2cc3c(cc21)CC(CC)(CC)C3.[CH3-].[CH3-].[CH3-].[CH3-].[CH3-].[Hf].c1cc[cH-]c1. The van der Waals surface area contributed by atoms with E-state index in [9.17, 15) is 0 Å². The third-order valence-electron chi connectivity index (χ3n) is 6.42. The van der Waals surface area contributed by atoms with Crippen LogP contribution in [0.3, 0.4) is 0 Å². The summed E-state index contributed by atoms with van der Waals surface area (Å²) in [7, 11) is 0. The summed E-state index contributed by atoms with van der Waals surface area (Å²) in [5.41, 5.74) is 5.38. The molecule has 0 saturated carbocycles. The quantitative estimate of drug-likeness (QED) is 0.150. The third kappa shape index (κ3) is 9.12. The van der Waals surface area contributed by atoms with Crippen molar-refractivity contribution in [2.75, 3.05) is 0 Å². The van der Waals surface area contributed by atoms with Crippen LogP contribution < -0.4 is 0 Å². The first kappa shape index (κ1) is 38.3. The van der Waals surface area contributed by atoms with E-state index in [-0.39, 0.29) is 63.0 Å². The van der Waals surface area contributed by atoms with Crippen LogP contribution in [0.2, 0.25) is 0 Å². The zero-order chi connectivity index (χ0) is 18.4. The van der Waals surface area contributed by atoms with E-state index in [1.54, 1.807) is 16.7 Å². The molecule has 0 fully saturated rings. The van der Waals surface area contributed by atoms with Crippen molar-refractivity contribution in [2.24, 2.45) is 5.41 Å². The average Bonchev–Trinajstić information content (AvgIpc) is 3.41. The molecule has 1 aliphatic carbocycles. The van der Waals surface area contributed by atoms with Crippen molar-refractivity contribution < 1.29 is 25.8 Å². The smallest absolute Gasteiger partial charge is 0 e. The van der Waals surface area contributed by atoms with Crippen LogP contribution in [0.5, 0.6) is 0 Å². The molecule has 0 atom stereocenters. The van der Waals surface area contributed by atoms with Crippen LogP contribution >= 0.6 is 0 Å². The van der Waals surface area contributed by atoms with Crippen LogP contribution in [-0.2, 0) is 45.1 Å². The number of unbranched alkanes of at least 4 members (excludes halogenated alkanes) is 2. The van der Waals surface area contributed by atoms with Crippen molar-refractivity contribution in [3.8, 4) is 0 Å². The molecule has 0 bridgehead atoms. The van der Waals surface area contributed by atoms with Gasteiger partial charge in [0.2, 0.25) is 0 Å². The van der Waals surface area contributed by atoms with Gasteiger partial charge in [-0.15, -0.1) is 34.5 Å². The van der Waals surface area contributed by atoms with E-state index in [1.807, 2.05) is 30.3 Å². The first-order valence-corrected chi connectivity index (χ1v) is 10.6. The fraction of sp³-hybridized carbons (Fsp3) is 0.387. The Morgan fingerprint density at radius 3 is 1.88 bits per heavy atom. The van der Waals surface area contributed by atoms with E-state index < -0.39 is 0 Å². The molecule has 0 aromatic heterocycles. The first-order chi connectivity index (χ1) is 12.7. The van der Waals surface area contributed by atoms with E-state index in [4.69, 9.17) is 0 Å². The number of rotatable bonds is 6. The summed E-state index contributed by atoms with van der Waals surface area (Å²) in [5, 5.41) is 3.01. The second-order valence-corrected chi connectivity index (χ2v) is 8.05. The fourth-order valence-electron chi connectivity index (χ4n) is 4.46. The van der Waals surface area contributed by atoms with Crippen molar-refractivity contribution in [1.29, 1.82) is 0 Å². The van der Waals surface area contributed by atoms with Crippen LogP contribution in [0.1, 0.15) is 69.6 Å². The Kier molecular flexibility index (Phi) is 22.1. The monoisotopic (exact) mass is 601 g/mol. The number of fused-ring (bicyclic) bond motifs is 2. The second kappa shape index (κ2) is 18.5. The average molecular weight is 600 g/mol. The second-order valence-electron chi connectivity index (χ2n) is 8.05.